The molecule has 1 unspecified atom stereocenters. The van der Waals surface area contributed by atoms with Crippen molar-refractivity contribution in [1.29, 1.82) is 0 Å². The van der Waals surface area contributed by atoms with Gasteiger partial charge in [-0.3, -0.25) is 9.69 Å². The van der Waals surface area contributed by atoms with Crippen molar-refractivity contribution >= 4 is 17.5 Å². The summed E-state index contributed by atoms with van der Waals surface area (Å²) < 4.78 is 5.57. The molecule has 2 aromatic rings. The number of hydrogen-bond acceptors (Lipinski definition) is 3. The number of hydrogen-bond donors (Lipinski definition) is 1. The largest absolute Gasteiger partial charge is 0.494 e. The number of carbonyl (C=O) groups excluding carboxylic acids is 1. The Hall–Kier alpha value is -2.04. The van der Waals surface area contributed by atoms with E-state index in [0.29, 0.717) is 18.7 Å². The molecule has 2 aromatic carbocycles. The first kappa shape index (κ1) is 19.7. The number of likely N-dealkylation sites (tertiary alicyclic amines) is 1. The van der Waals surface area contributed by atoms with Gasteiger partial charge in [0.15, 0.2) is 0 Å². The van der Waals surface area contributed by atoms with Gasteiger partial charge in [-0.05, 0) is 68.2 Å². The third-order valence-corrected chi connectivity index (χ3v) is 5.24. The molecular formula is C22H27ClN2O2. The van der Waals surface area contributed by atoms with E-state index in [1.807, 2.05) is 30.3 Å². The summed E-state index contributed by atoms with van der Waals surface area (Å²) in [7, 11) is 0. The van der Waals surface area contributed by atoms with Crippen LogP contribution in [-0.2, 0) is 0 Å². The van der Waals surface area contributed by atoms with Gasteiger partial charge in [0, 0.05) is 17.1 Å². The first-order valence-electron chi connectivity index (χ1n) is 9.68. The molecule has 144 valence electrons. The number of ether oxygens (including phenoxy) is 1. The molecule has 1 atom stereocenters. The van der Waals surface area contributed by atoms with Gasteiger partial charge in [-0.1, -0.05) is 36.7 Å². The van der Waals surface area contributed by atoms with Crippen LogP contribution in [0.2, 0.25) is 5.02 Å². The van der Waals surface area contributed by atoms with Crippen molar-refractivity contribution in [1.82, 2.24) is 10.2 Å². The standard InChI is InChI=1S/C22H27ClN2O2/c1-2-15-27-18-11-9-17(10-12-18)22(26)24-16-21(25-13-5-6-14-25)19-7-3-4-8-20(19)23/h3-4,7-12,21H,2,5-6,13-16H2,1H3,(H,24,26). The monoisotopic (exact) mass is 386 g/mol. The van der Waals surface area contributed by atoms with Crippen molar-refractivity contribution in [2.24, 2.45) is 0 Å². The molecule has 27 heavy (non-hydrogen) atoms. The van der Waals surface area contributed by atoms with Crippen LogP contribution in [0.25, 0.3) is 0 Å². The van der Waals surface area contributed by atoms with E-state index in [9.17, 15) is 4.79 Å². The van der Waals surface area contributed by atoms with Gasteiger partial charge in [0.25, 0.3) is 5.91 Å². The van der Waals surface area contributed by atoms with Gasteiger partial charge in [0.1, 0.15) is 5.75 Å². The number of rotatable bonds is 8. The molecule has 1 aliphatic heterocycles. The van der Waals surface area contributed by atoms with Crippen LogP contribution in [0.4, 0.5) is 0 Å². The average Bonchev–Trinajstić information content (AvgIpc) is 3.22. The summed E-state index contributed by atoms with van der Waals surface area (Å²) >= 11 is 6.44. The lowest BCUT2D eigenvalue weighted by molar-refractivity contribution is 0.0938. The van der Waals surface area contributed by atoms with E-state index in [1.165, 1.54) is 12.8 Å². The van der Waals surface area contributed by atoms with Gasteiger partial charge < -0.3 is 10.1 Å². The fourth-order valence-electron chi connectivity index (χ4n) is 3.45. The quantitative estimate of drug-likeness (QED) is 0.715. The lowest BCUT2D eigenvalue weighted by Gasteiger charge is -2.29. The van der Waals surface area contributed by atoms with Crippen molar-refractivity contribution in [2.75, 3.05) is 26.2 Å². The summed E-state index contributed by atoms with van der Waals surface area (Å²) in [6.07, 6.45) is 3.34. The van der Waals surface area contributed by atoms with Crippen LogP contribution in [-0.4, -0.2) is 37.0 Å². The molecule has 1 N–H and O–H groups in total. The van der Waals surface area contributed by atoms with Crippen molar-refractivity contribution in [3.63, 3.8) is 0 Å². The Morgan fingerprint density at radius 1 is 1.15 bits per heavy atom. The molecule has 1 fully saturated rings. The maximum Gasteiger partial charge on any atom is 0.251 e. The Balaban J connectivity index is 1.66. The highest BCUT2D eigenvalue weighted by Crippen LogP contribution is 2.29. The number of nitrogens with one attached hydrogen (secondary N) is 1. The third-order valence-electron chi connectivity index (χ3n) is 4.89. The van der Waals surface area contributed by atoms with Gasteiger partial charge in [-0.2, -0.15) is 0 Å². The summed E-state index contributed by atoms with van der Waals surface area (Å²) in [6.45, 7) is 5.36. The molecular weight excluding hydrogens is 360 g/mol. The minimum absolute atomic E-state index is 0.0757. The van der Waals surface area contributed by atoms with Crippen LogP contribution < -0.4 is 10.1 Å². The van der Waals surface area contributed by atoms with Crippen LogP contribution in [0, 0.1) is 0 Å². The fourth-order valence-corrected chi connectivity index (χ4v) is 3.71. The Morgan fingerprint density at radius 2 is 1.85 bits per heavy atom. The van der Waals surface area contributed by atoms with Crippen molar-refractivity contribution in [2.45, 2.75) is 32.2 Å². The second-order valence-corrected chi connectivity index (χ2v) is 7.27. The minimum atomic E-state index is -0.0757. The lowest BCUT2D eigenvalue weighted by Crippen LogP contribution is -2.37. The van der Waals surface area contributed by atoms with Crippen LogP contribution >= 0.6 is 11.6 Å². The SMILES string of the molecule is CCCOc1ccc(C(=O)NCC(c2ccccc2Cl)N2CCCC2)cc1. The van der Waals surface area contributed by atoms with Gasteiger partial charge in [0.05, 0.1) is 12.6 Å². The van der Waals surface area contributed by atoms with E-state index >= 15 is 0 Å². The van der Waals surface area contributed by atoms with E-state index in [0.717, 1.165) is 35.8 Å². The minimum Gasteiger partial charge on any atom is -0.494 e. The molecule has 0 saturated carbocycles. The molecule has 0 radical (unpaired) electrons. The van der Waals surface area contributed by atoms with Crippen molar-refractivity contribution < 1.29 is 9.53 Å². The highest BCUT2D eigenvalue weighted by Gasteiger charge is 2.25. The zero-order chi connectivity index (χ0) is 19.1. The zero-order valence-electron chi connectivity index (χ0n) is 15.8. The maximum atomic E-state index is 12.6. The molecule has 0 aliphatic carbocycles. The molecule has 3 rings (SSSR count). The first-order chi connectivity index (χ1) is 13.2. The summed E-state index contributed by atoms with van der Waals surface area (Å²) in [6, 6.07) is 15.3. The molecule has 1 saturated heterocycles. The van der Waals surface area contributed by atoms with Gasteiger partial charge in [-0.15, -0.1) is 0 Å². The summed E-state index contributed by atoms with van der Waals surface area (Å²) in [4.78, 5) is 15.0. The van der Waals surface area contributed by atoms with E-state index in [4.69, 9.17) is 16.3 Å². The molecule has 4 nitrogen and oxygen atoms in total. The van der Waals surface area contributed by atoms with Gasteiger partial charge in [-0.25, -0.2) is 0 Å². The molecule has 1 aliphatic rings. The van der Waals surface area contributed by atoms with E-state index in [2.05, 4.69) is 23.2 Å². The first-order valence-corrected chi connectivity index (χ1v) is 10.1. The highest BCUT2D eigenvalue weighted by molar-refractivity contribution is 6.31. The predicted molar refractivity (Wildman–Crippen MR) is 110 cm³/mol. The molecule has 0 bridgehead atoms. The summed E-state index contributed by atoms with van der Waals surface area (Å²) in [5.41, 5.74) is 1.71. The zero-order valence-corrected chi connectivity index (χ0v) is 16.5. The maximum absolute atomic E-state index is 12.6. The summed E-state index contributed by atoms with van der Waals surface area (Å²) in [5.74, 6) is 0.715. The molecule has 0 spiro atoms. The van der Waals surface area contributed by atoms with E-state index in [-0.39, 0.29) is 11.9 Å². The Bertz CT molecular complexity index is 742. The lowest BCUT2D eigenvalue weighted by atomic mass is 10.0. The Kier molecular flexibility index (Phi) is 7.13. The van der Waals surface area contributed by atoms with Crippen LogP contribution in [0.15, 0.2) is 48.5 Å². The fraction of sp³-hybridized carbons (Fsp3) is 0.409. The number of nitrogens with zero attached hydrogens (tertiary/aromatic N) is 1. The Labute approximate surface area is 166 Å². The smallest absolute Gasteiger partial charge is 0.251 e. The third kappa shape index (κ3) is 5.24. The summed E-state index contributed by atoms with van der Waals surface area (Å²) in [5, 5.41) is 3.84. The van der Waals surface area contributed by atoms with E-state index < -0.39 is 0 Å². The van der Waals surface area contributed by atoms with Crippen molar-refractivity contribution in [3.05, 3.63) is 64.7 Å². The van der Waals surface area contributed by atoms with Crippen molar-refractivity contribution in [3.8, 4) is 5.75 Å². The second-order valence-electron chi connectivity index (χ2n) is 6.86. The predicted octanol–water partition coefficient (Wildman–Crippen LogP) is 4.70. The number of halogens is 1. The second kappa shape index (κ2) is 9.77. The number of carbonyl (C=O) groups is 1. The van der Waals surface area contributed by atoms with Crippen LogP contribution in [0.1, 0.15) is 48.1 Å². The van der Waals surface area contributed by atoms with E-state index in [1.54, 1.807) is 12.1 Å². The van der Waals surface area contributed by atoms with Gasteiger partial charge >= 0.3 is 0 Å². The molecule has 1 amide bonds. The Morgan fingerprint density at radius 3 is 2.52 bits per heavy atom. The number of amides is 1. The topological polar surface area (TPSA) is 41.6 Å². The van der Waals surface area contributed by atoms with Crippen LogP contribution in [0.3, 0.4) is 0 Å². The van der Waals surface area contributed by atoms with Gasteiger partial charge in [0.2, 0.25) is 0 Å². The molecule has 0 aromatic heterocycles. The highest BCUT2D eigenvalue weighted by atomic mass is 35.5. The van der Waals surface area contributed by atoms with Crippen LogP contribution in [0.5, 0.6) is 5.75 Å². The molecule has 1 heterocycles. The average molecular weight is 387 g/mol. The number of benzene rings is 2. The molecule has 5 heteroatoms. The normalized spacial score (nSPS) is 15.5.